The molecule has 4 aromatic rings. The molecule has 0 aliphatic heterocycles. The van der Waals surface area contributed by atoms with Crippen molar-refractivity contribution >= 4 is 28.7 Å². The number of phenolic OH excluding ortho intramolecular Hbond substituents is 1. The van der Waals surface area contributed by atoms with E-state index in [9.17, 15) is 14.7 Å². The molecule has 220 valence electrons. The van der Waals surface area contributed by atoms with E-state index in [0.29, 0.717) is 31.3 Å². The molecule has 5 atom stereocenters. The standard InChI is InChI=1S/C31H38N8O3/c32-29(42)31-13-3-4-20(16-31)9-12-26(31)25(14-19-7-10-23(40)11-8-19)28(41)35-22(18-34-30-36-38-39-37-30)15-21-17-33-27-6-2-1-5-24(21)27/h1-2,5-8,10-11,17,20,22,25-26,33,40H,3-4,9,12-16,18H2,(H2,32,42)(H,35,41)(H2,34,36,37,38,39)/t20?,22-,25-,26?,31?/m0/s1. The van der Waals surface area contributed by atoms with Crippen LogP contribution in [0.2, 0.25) is 0 Å². The number of aromatic hydroxyl groups is 1. The molecule has 2 bridgehead atoms. The van der Waals surface area contributed by atoms with Crippen molar-refractivity contribution in [2.24, 2.45) is 28.9 Å². The summed E-state index contributed by atoms with van der Waals surface area (Å²) in [5, 5.41) is 31.6. The molecular weight excluding hydrogens is 532 g/mol. The number of aromatic nitrogens is 5. The number of amides is 2. The van der Waals surface area contributed by atoms with E-state index in [1.807, 2.05) is 36.5 Å². The third-order valence-electron chi connectivity index (χ3n) is 9.53. The lowest BCUT2D eigenvalue weighted by Crippen LogP contribution is -2.55. The maximum absolute atomic E-state index is 14.4. The van der Waals surface area contributed by atoms with Gasteiger partial charge in [-0.3, -0.25) is 9.59 Å². The molecule has 2 heterocycles. The molecule has 0 radical (unpaired) electrons. The summed E-state index contributed by atoms with van der Waals surface area (Å²) in [7, 11) is 0. The fourth-order valence-electron chi connectivity index (χ4n) is 7.50. The number of tetrazole rings is 1. The Balaban J connectivity index is 1.30. The van der Waals surface area contributed by atoms with Crippen molar-refractivity contribution < 1.29 is 14.7 Å². The lowest BCUT2D eigenvalue weighted by atomic mass is 9.53. The average Bonchev–Trinajstić information content (AvgIpc) is 3.66. The summed E-state index contributed by atoms with van der Waals surface area (Å²) in [6, 6.07) is 14.8. The van der Waals surface area contributed by atoms with Crippen molar-refractivity contribution in [3.8, 4) is 5.75 Å². The molecule has 6 rings (SSSR count). The second-order valence-corrected chi connectivity index (χ2v) is 12.0. The van der Waals surface area contributed by atoms with Crippen LogP contribution >= 0.6 is 0 Å². The number of rotatable bonds is 11. The molecule has 2 fully saturated rings. The van der Waals surface area contributed by atoms with Crippen LogP contribution in [0.1, 0.15) is 49.7 Å². The summed E-state index contributed by atoms with van der Waals surface area (Å²) in [6.07, 6.45) is 8.34. The summed E-state index contributed by atoms with van der Waals surface area (Å²) in [4.78, 5) is 30.9. The minimum atomic E-state index is -0.685. The smallest absolute Gasteiger partial charge is 0.263 e. The number of H-pyrrole nitrogens is 2. The quantitative estimate of drug-likeness (QED) is 0.160. The fourth-order valence-corrected chi connectivity index (χ4v) is 7.50. The first-order chi connectivity index (χ1) is 20.4. The number of nitrogens with two attached hydrogens (primary N) is 1. The van der Waals surface area contributed by atoms with Gasteiger partial charge in [0.1, 0.15) is 5.75 Å². The van der Waals surface area contributed by atoms with Gasteiger partial charge in [0, 0.05) is 29.6 Å². The number of para-hydroxylation sites is 1. The van der Waals surface area contributed by atoms with Gasteiger partial charge in [-0.15, -0.1) is 5.10 Å². The Morgan fingerprint density at radius 2 is 1.93 bits per heavy atom. The molecule has 2 amide bonds. The van der Waals surface area contributed by atoms with E-state index in [1.54, 1.807) is 12.1 Å². The largest absolute Gasteiger partial charge is 0.508 e. The minimum Gasteiger partial charge on any atom is -0.508 e. The molecule has 42 heavy (non-hydrogen) atoms. The van der Waals surface area contributed by atoms with Gasteiger partial charge < -0.3 is 26.5 Å². The van der Waals surface area contributed by atoms with Gasteiger partial charge in [0.15, 0.2) is 0 Å². The summed E-state index contributed by atoms with van der Waals surface area (Å²) >= 11 is 0. The van der Waals surface area contributed by atoms with Crippen molar-refractivity contribution in [1.29, 1.82) is 0 Å². The third-order valence-corrected chi connectivity index (χ3v) is 9.53. The average molecular weight is 571 g/mol. The number of hydrogen-bond acceptors (Lipinski definition) is 7. The van der Waals surface area contributed by atoms with Crippen molar-refractivity contribution in [3.05, 3.63) is 65.9 Å². The van der Waals surface area contributed by atoms with Gasteiger partial charge in [-0.1, -0.05) is 54.7 Å². The van der Waals surface area contributed by atoms with Crippen LogP contribution in [0.4, 0.5) is 5.95 Å². The molecule has 7 N–H and O–H groups in total. The van der Waals surface area contributed by atoms with E-state index >= 15 is 0 Å². The Morgan fingerprint density at radius 3 is 2.71 bits per heavy atom. The number of nitrogens with zero attached hydrogens (tertiary/aromatic N) is 3. The van der Waals surface area contributed by atoms with E-state index in [4.69, 9.17) is 5.73 Å². The Labute approximate surface area is 244 Å². The van der Waals surface area contributed by atoms with Gasteiger partial charge in [0.2, 0.25) is 11.8 Å². The van der Waals surface area contributed by atoms with Gasteiger partial charge in [0.05, 0.1) is 11.5 Å². The van der Waals surface area contributed by atoms with Crippen LogP contribution < -0.4 is 16.4 Å². The number of phenols is 1. The normalized spacial score (nSPS) is 23.2. The zero-order valence-electron chi connectivity index (χ0n) is 23.6. The molecular formula is C31H38N8O3. The number of fused-ring (bicyclic) bond motifs is 3. The maximum Gasteiger partial charge on any atom is 0.263 e. The predicted octanol–water partition coefficient (Wildman–Crippen LogP) is 3.46. The summed E-state index contributed by atoms with van der Waals surface area (Å²) in [5.74, 6) is -0.00818. The summed E-state index contributed by atoms with van der Waals surface area (Å²) < 4.78 is 0. The second-order valence-electron chi connectivity index (χ2n) is 12.0. The maximum atomic E-state index is 14.4. The van der Waals surface area contributed by atoms with Crippen LogP contribution in [0, 0.1) is 23.2 Å². The van der Waals surface area contributed by atoms with Gasteiger partial charge >= 0.3 is 0 Å². The molecule has 2 aromatic carbocycles. The molecule has 3 unspecified atom stereocenters. The number of nitrogens with one attached hydrogen (secondary N) is 4. The van der Waals surface area contributed by atoms with Crippen LogP contribution in [0.15, 0.2) is 54.7 Å². The van der Waals surface area contributed by atoms with Crippen LogP contribution in [0.3, 0.4) is 0 Å². The highest BCUT2D eigenvalue weighted by molar-refractivity contribution is 5.85. The number of benzene rings is 2. The van der Waals surface area contributed by atoms with Crippen molar-refractivity contribution in [3.63, 3.8) is 0 Å². The lowest BCUT2D eigenvalue weighted by Gasteiger charge is -2.51. The SMILES string of the molecule is NC(=O)C12CCCC(CCC1[C@H](Cc1ccc(O)cc1)C(=O)N[C@H](CNc1nn[nH]n1)Cc1c[nH]c3ccccc13)C2. The van der Waals surface area contributed by atoms with Crippen LogP contribution in [0.5, 0.6) is 5.75 Å². The Kier molecular flexibility index (Phi) is 7.82. The Hall–Kier alpha value is -4.41. The van der Waals surface area contributed by atoms with Gasteiger partial charge in [0.25, 0.3) is 5.95 Å². The number of primary amides is 1. The highest BCUT2D eigenvalue weighted by atomic mass is 16.3. The Morgan fingerprint density at radius 1 is 1.10 bits per heavy atom. The van der Waals surface area contributed by atoms with Crippen LogP contribution in [-0.2, 0) is 22.4 Å². The first kappa shape index (κ1) is 27.7. The van der Waals surface area contributed by atoms with Crippen LogP contribution in [0.25, 0.3) is 10.9 Å². The fraction of sp³-hybridized carbons (Fsp3) is 0.452. The molecule has 2 aliphatic carbocycles. The summed E-state index contributed by atoms with van der Waals surface area (Å²) in [6.45, 7) is 0.379. The molecule has 2 aliphatic rings. The van der Waals surface area contributed by atoms with E-state index in [-0.39, 0.29) is 29.5 Å². The summed E-state index contributed by atoms with van der Waals surface area (Å²) in [5.41, 5.74) is 8.52. The number of carbonyl (C=O) groups excluding carboxylic acids is 2. The van der Waals surface area contributed by atoms with E-state index < -0.39 is 11.3 Å². The van der Waals surface area contributed by atoms with Gasteiger partial charge in [-0.25, -0.2) is 0 Å². The zero-order chi connectivity index (χ0) is 29.1. The van der Waals surface area contributed by atoms with E-state index in [1.165, 1.54) is 0 Å². The number of hydrogen-bond donors (Lipinski definition) is 6. The molecule has 0 spiro atoms. The third kappa shape index (κ3) is 5.68. The number of anilines is 1. The Bertz CT molecular complexity index is 1520. The molecule has 11 nitrogen and oxygen atoms in total. The number of carbonyl (C=O) groups is 2. The van der Waals surface area contributed by atoms with E-state index in [2.05, 4.69) is 42.3 Å². The first-order valence-electron chi connectivity index (χ1n) is 14.8. The minimum absolute atomic E-state index is 0.0996. The highest BCUT2D eigenvalue weighted by Gasteiger charge is 2.53. The van der Waals surface area contributed by atoms with Gasteiger partial charge in [-0.2, -0.15) is 5.21 Å². The predicted molar refractivity (Wildman–Crippen MR) is 158 cm³/mol. The molecule has 2 aromatic heterocycles. The van der Waals surface area contributed by atoms with E-state index in [0.717, 1.165) is 60.6 Å². The second kappa shape index (κ2) is 11.8. The number of aromatic amines is 2. The highest BCUT2D eigenvalue weighted by Crippen LogP contribution is 2.55. The lowest BCUT2D eigenvalue weighted by molar-refractivity contribution is -0.145. The molecule has 11 heteroatoms. The molecule has 2 saturated carbocycles. The first-order valence-corrected chi connectivity index (χ1v) is 14.8. The van der Waals surface area contributed by atoms with Gasteiger partial charge in [-0.05, 0) is 78.5 Å². The van der Waals surface area contributed by atoms with Crippen LogP contribution in [-0.4, -0.2) is 55.1 Å². The van der Waals surface area contributed by atoms with Crippen molar-refractivity contribution in [2.45, 2.75) is 57.4 Å². The topological polar surface area (TPSA) is 175 Å². The zero-order valence-corrected chi connectivity index (χ0v) is 23.6. The van der Waals surface area contributed by atoms with Crippen molar-refractivity contribution in [2.75, 3.05) is 11.9 Å². The van der Waals surface area contributed by atoms with Crippen molar-refractivity contribution in [1.82, 2.24) is 30.9 Å². The molecule has 0 saturated heterocycles. The monoisotopic (exact) mass is 570 g/mol.